The molecular formula is C24H42N4O. The van der Waals surface area contributed by atoms with Crippen molar-refractivity contribution in [2.75, 3.05) is 70.4 Å². The molecule has 0 aromatic heterocycles. The van der Waals surface area contributed by atoms with Gasteiger partial charge in [-0.2, -0.15) is 0 Å². The van der Waals surface area contributed by atoms with Crippen LogP contribution in [0.25, 0.3) is 0 Å². The Bertz CT molecular complexity index is 569. The largest absolute Gasteiger partial charge is 0.374 e. The molecule has 0 spiro atoms. The number of piperazine rings is 1. The van der Waals surface area contributed by atoms with Crippen molar-refractivity contribution in [1.82, 2.24) is 15.1 Å². The van der Waals surface area contributed by atoms with Crippen molar-refractivity contribution in [3.05, 3.63) is 29.8 Å². The number of hydrogen-bond acceptors (Lipinski definition) is 5. The first-order valence-corrected chi connectivity index (χ1v) is 11.7. The molecule has 1 aromatic rings. The molecule has 2 aliphatic heterocycles. The smallest absolute Gasteiger partial charge is 0.0826 e. The molecule has 29 heavy (non-hydrogen) atoms. The zero-order chi connectivity index (χ0) is 20.5. The molecule has 3 rings (SSSR count). The summed E-state index contributed by atoms with van der Waals surface area (Å²) in [6.45, 7) is 18.7. The molecule has 5 nitrogen and oxygen atoms in total. The molecule has 0 unspecified atom stereocenters. The van der Waals surface area contributed by atoms with Crippen molar-refractivity contribution in [3.8, 4) is 0 Å². The molecule has 164 valence electrons. The van der Waals surface area contributed by atoms with Crippen LogP contribution in [0.1, 0.15) is 39.2 Å². The number of rotatable bonds is 10. The molecule has 1 atom stereocenters. The second-order valence-electron chi connectivity index (χ2n) is 9.05. The zero-order valence-electron chi connectivity index (χ0n) is 18.9. The molecule has 2 aliphatic rings. The van der Waals surface area contributed by atoms with Gasteiger partial charge >= 0.3 is 0 Å². The highest BCUT2D eigenvalue weighted by molar-refractivity contribution is 5.48. The molecule has 1 N–H and O–H groups in total. The van der Waals surface area contributed by atoms with Gasteiger partial charge in [-0.15, -0.1) is 0 Å². The lowest BCUT2D eigenvalue weighted by atomic mass is 10.1. The Morgan fingerprint density at radius 3 is 2.48 bits per heavy atom. The third-order valence-electron chi connectivity index (χ3n) is 6.30. The maximum absolute atomic E-state index is 5.98. The molecule has 0 amide bonds. The van der Waals surface area contributed by atoms with Gasteiger partial charge in [-0.1, -0.05) is 32.9 Å². The van der Waals surface area contributed by atoms with Crippen LogP contribution in [0.15, 0.2) is 24.3 Å². The fraction of sp³-hybridized carbons (Fsp3) is 0.750. The first-order valence-electron chi connectivity index (χ1n) is 11.7. The van der Waals surface area contributed by atoms with Crippen LogP contribution in [0.4, 0.5) is 5.69 Å². The van der Waals surface area contributed by atoms with Crippen molar-refractivity contribution >= 4 is 5.69 Å². The Kier molecular flexibility index (Phi) is 9.25. The molecule has 2 heterocycles. The fourth-order valence-electron chi connectivity index (χ4n) is 4.35. The summed E-state index contributed by atoms with van der Waals surface area (Å²) in [6, 6.07) is 9.11. The maximum Gasteiger partial charge on any atom is 0.0826 e. The van der Waals surface area contributed by atoms with Crippen LogP contribution in [-0.4, -0.2) is 81.4 Å². The Morgan fingerprint density at radius 1 is 1.03 bits per heavy atom. The van der Waals surface area contributed by atoms with Gasteiger partial charge in [0.25, 0.3) is 0 Å². The minimum absolute atomic E-state index is 0.317. The van der Waals surface area contributed by atoms with Gasteiger partial charge in [-0.25, -0.2) is 0 Å². The minimum Gasteiger partial charge on any atom is -0.374 e. The van der Waals surface area contributed by atoms with Crippen LogP contribution in [0.3, 0.4) is 0 Å². The molecule has 0 saturated carbocycles. The van der Waals surface area contributed by atoms with Crippen LogP contribution in [0.2, 0.25) is 0 Å². The summed E-state index contributed by atoms with van der Waals surface area (Å²) in [5, 5.41) is 3.61. The molecule has 2 fully saturated rings. The molecule has 0 aliphatic carbocycles. The number of morpholine rings is 1. The number of benzene rings is 1. The van der Waals surface area contributed by atoms with Crippen LogP contribution >= 0.6 is 0 Å². The summed E-state index contributed by atoms with van der Waals surface area (Å²) in [7, 11) is 0. The van der Waals surface area contributed by atoms with E-state index in [2.05, 4.69) is 65.1 Å². The van der Waals surface area contributed by atoms with Crippen molar-refractivity contribution in [1.29, 1.82) is 0 Å². The summed E-state index contributed by atoms with van der Waals surface area (Å²) in [4.78, 5) is 7.60. The summed E-state index contributed by atoms with van der Waals surface area (Å²) < 4.78 is 5.98. The van der Waals surface area contributed by atoms with Gasteiger partial charge in [0.05, 0.1) is 12.7 Å². The summed E-state index contributed by atoms with van der Waals surface area (Å²) >= 11 is 0. The molecular weight excluding hydrogens is 360 g/mol. The number of likely N-dealkylation sites (N-methyl/N-ethyl adjacent to an activating group) is 1. The number of ether oxygens (including phenoxy) is 1. The van der Waals surface area contributed by atoms with Gasteiger partial charge in [-0.05, 0) is 49.5 Å². The Morgan fingerprint density at radius 2 is 1.79 bits per heavy atom. The van der Waals surface area contributed by atoms with E-state index >= 15 is 0 Å². The SMILES string of the molecule is CCN1CCN(c2ccc(CNC[C@@H]3CN(CCCC(C)C)CCO3)cc2)CC1. The third kappa shape index (κ3) is 7.56. The monoisotopic (exact) mass is 402 g/mol. The van der Waals surface area contributed by atoms with E-state index in [0.717, 1.165) is 51.8 Å². The highest BCUT2D eigenvalue weighted by atomic mass is 16.5. The number of hydrogen-bond donors (Lipinski definition) is 1. The third-order valence-corrected chi connectivity index (χ3v) is 6.30. The average molecular weight is 403 g/mol. The maximum atomic E-state index is 5.98. The van der Waals surface area contributed by atoms with E-state index in [0.29, 0.717) is 6.10 Å². The van der Waals surface area contributed by atoms with Crippen LogP contribution in [0.5, 0.6) is 0 Å². The van der Waals surface area contributed by atoms with Crippen molar-refractivity contribution < 1.29 is 4.74 Å². The molecule has 0 radical (unpaired) electrons. The average Bonchev–Trinajstić information content (AvgIpc) is 2.74. The first kappa shape index (κ1) is 22.5. The van der Waals surface area contributed by atoms with Crippen LogP contribution in [-0.2, 0) is 11.3 Å². The normalized spacial score (nSPS) is 21.8. The van der Waals surface area contributed by atoms with E-state index in [9.17, 15) is 0 Å². The number of nitrogens with zero attached hydrogens (tertiary/aromatic N) is 3. The predicted octanol–water partition coefficient (Wildman–Crippen LogP) is 3.06. The molecule has 5 heteroatoms. The minimum atomic E-state index is 0.317. The van der Waals surface area contributed by atoms with Gasteiger partial charge in [0.15, 0.2) is 0 Å². The van der Waals surface area contributed by atoms with E-state index in [-0.39, 0.29) is 0 Å². The Hall–Kier alpha value is -1.14. The quantitative estimate of drug-likeness (QED) is 0.650. The van der Waals surface area contributed by atoms with Gasteiger partial charge < -0.3 is 19.9 Å². The summed E-state index contributed by atoms with van der Waals surface area (Å²) in [6.07, 6.45) is 2.94. The second kappa shape index (κ2) is 11.9. The molecule has 1 aromatic carbocycles. The lowest BCUT2D eigenvalue weighted by Crippen LogP contribution is -2.46. The van der Waals surface area contributed by atoms with Gasteiger partial charge in [-0.3, -0.25) is 4.90 Å². The van der Waals surface area contributed by atoms with E-state index in [1.807, 2.05) is 0 Å². The lowest BCUT2D eigenvalue weighted by molar-refractivity contribution is -0.0277. The summed E-state index contributed by atoms with van der Waals surface area (Å²) in [5.74, 6) is 0.806. The van der Waals surface area contributed by atoms with Crippen LogP contribution < -0.4 is 10.2 Å². The highest BCUT2D eigenvalue weighted by Gasteiger charge is 2.20. The predicted molar refractivity (Wildman–Crippen MR) is 123 cm³/mol. The molecule has 2 saturated heterocycles. The number of nitrogens with one attached hydrogen (secondary N) is 1. The van der Waals surface area contributed by atoms with Crippen molar-refractivity contribution in [2.45, 2.75) is 46.3 Å². The highest BCUT2D eigenvalue weighted by Crippen LogP contribution is 2.17. The van der Waals surface area contributed by atoms with Crippen LogP contribution in [0, 0.1) is 5.92 Å². The van der Waals surface area contributed by atoms with E-state index in [4.69, 9.17) is 4.74 Å². The first-order chi connectivity index (χ1) is 14.1. The topological polar surface area (TPSA) is 31.0 Å². The van der Waals surface area contributed by atoms with E-state index in [1.54, 1.807) is 0 Å². The lowest BCUT2D eigenvalue weighted by Gasteiger charge is -2.35. The van der Waals surface area contributed by atoms with E-state index < -0.39 is 0 Å². The standard InChI is InChI=1S/C24H42N4O/c1-4-26-12-14-28(15-13-26)23-9-7-22(8-10-23)18-25-19-24-20-27(16-17-29-24)11-5-6-21(2)3/h7-10,21,24-25H,4-6,11-20H2,1-3H3/t24-/m1/s1. The Balaban J connectivity index is 1.35. The van der Waals surface area contributed by atoms with E-state index in [1.165, 1.54) is 50.3 Å². The fourth-order valence-corrected chi connectivity index (χ4v) is 4.35. The van der Waals surface area contributed by atoms with Crippen molar-refractivity contribution in [2.24, 2.45) is 5.92 Å². The zero-order valence-corrected chi connectivity index (χ0v) is 18.9. The van der Waals surface area contributed by atoms with Gasteiger partial charge in [0.2, 0.25) is 0 Å². The van der Waals surface area contributed by atoms with Gasteiger partial charge in [0.1, 0.15) is 0 Å². The second-order valence-corrected chi connectivity index (χ2v) is 9.05. The molecule has 0 bridgehead atoms. The number of anilines is 1. The van der Waals surface area contributed by atoms with Crippen molar-refractivity contribution in [3.63, 3.8) is 0 Å². The summed E-state index contributed by atoms with van der Waals surface area (Å²) in [5.41, 5.74) is 2.71. The Labute approximate surface area is 178 Å². The van der Waals surface area contributed by atoms with Gasteiger partial charge in [0, 0.05) is 58.0 Å².